The molecule has 2 aromatic heterocycles. The van der Waals surface area contributed by atoms with Crippen LogP contribution in [-0.4, -0.2) is 28.6 Å². The van der Waals surface area contributed by atoms with Gasteiger partial charge in [0, 0.05) is 0 Å². The Hall–Kier alpha value is -2.67. The fourth-order valence-corrected chi connectivity index (χ4v) is 4.76. The van der Waals surface area contributed by atoms with Crippen LogP contribution >= 0.6 is 11.3 Å². The first-order chi connectivity index (χ1) is 14.2. The number of para-hydroxylation sites is 2. The number of anilines is 2. The lowest BCUT2D eigenvalue weighted by molar-refractivity contribution is 0.0216. The molecule has 4 rings (SSSR count). The van der Waals surface area contributed by atoms with E-state index in [-0.39, 0.29) is 12.1 Å². The van der Waals surface area contributed by atoms with Crippen molar-refractivity contribution < 1.29 is 14.3 Å². The molecule has 29 heavy (non-hydrogen) atoms. The van der Waals surface area contributed by atoms with Crippen molar-refractivity contribution in [2.45, 2.75) is 52.1 Å². The summed E-state index contributed by atoms with van der Waals surface area (Å²) in [4.78, 5) is 23.0. The van der Waals surface area contributed by atoms with Crippen molar-refractivity contribution in [2.75, 3.05) is 11.9 Å². The molecule has 0 radical (unpaired) electrons. The third kappa shape index (κ3) is 4.19. The number of nitrogens with zero attached hydrogens (tertiary/aromatic N) is 2. The zero-order valence-electron chi connectivity index (χ0n) is 16.7. The molecule has 0 bridgehead atoms. The van der Waals surface area contributed by atoms with E-state index in [1.54, 1.807) is 0 Å². The Bertz CT molecular complexity index is 1010. The minimum Gasteiger partial charge on any atom is -0.492 e. The van der Waals surface area contributed by atoms with Gasteiger partial charge in [0.05, 0.1) is 17.7 Å². The maximum absolute atomic E-state index is 12.8. The van der Waals surface area contributed by atoms with Gasteiger partial charge < -0.3 is 14.8 Å². The van der Waals surface area contributed by atoms with Crippen molar-refractivity contribution in [3.63, 3.8) is 0 Å². The molecule has 7 heteroatoms. The second-order valence-electron chi connectivity index (χ2n) is 7.18. The molecule has 152 valence electrons. The summed E-state index contributed by atoms with van der Waals surface area (Å²) in [5.74, 6) is 1.16. The third-order valence-electron chi connectivity index (χ3n) is 5.18. The normalized spacial score (nSPS) is 14.7. The average Bonchev–Trinajstić information content (AvgIpc) is 3.08. The van der Waals surface area contributed by atoms with Gasteiger partial charge in [-0.15, -0.1) is 11.3 Å². The first-order valence-electron chi connectivity index (χ1n) is 10.1. The van der Waals surface area contributed by atoms with Crippen molar-refractivity contribution in [3.05, 3.63) is 41.0 Å². The van der Waals surface area contributed by atoms with Crippen LogP contribution in [0.2, 0.25) is 0 Å². The standard InChI is InChI=1S/C22H25N3O3S/c1-3-27-17-12-8-7-11-16(17)25-20-18-14(2)19(29-21(18)24-13-23-20)22(26)28-15-9-5-4-6-10-15/h7-8,11-13,15H,3-6,9-10H2,1-2H3,(H,23,24,25). The number of rotatable bonds is 6. The summed E-state index contributed by atoms with van der Waals surface area (Å²) in [5, 5.41) is 4.20. The van der Waals surface area contributed by atoms with Gasteiger partial charge in [-0.25, -0.2) is 14.8 Å². The second kappa shape index (κ2) is 8.78. The molecule has 1 N–H and O–H groups in total. The maximum atomic E-state index is 12.8. The first-order valence-corrected chi connectivity index (χ1v) is 10.9. The zero-order chi connectivity index (χ0) is 20.2. The van der Waals surface area contributed by atoms with E-state index in [2.05, 4.69) is 15.3 Å². The number of thiophene rings is 1. The number of aromatic nitrogens is 2. The summed E-state index contributed by atoms with van der Waals surface area (Å²) < 4.78 is 11.5. The molecule has 0 spiro atoms. The Balaban J connectivity index is 1.64. The predicted octanol–water partition coefficient (Wildman–Crippen LogP) is 5.63. The van der Waals surface area contributed by atoms with E-state index in [0.717, 1.165) is 52.9 Å². The highest BCUT2D eigenvalue weighted by atomic mass is 32.1. The molecule has 0 atom stereocenters. The van der Waals surface area contributed by atoms with Gasteiger partial charge in [-0.3, -0.25) is 0 Å². The number of carbonyl (C=O) groups excluding carboxylic acids is 1. The molecule has 3 aromatic rings. The van der Waals surface area contributed by atoms with Gasteiger partial charge in [-0.05, 0) is 57.2 Å². The Morgan fingerprint density at radius 2 is 2.00 bits per heavy atom. The quantitative estimate of drug-likeness (QED) is 0.530. The summed E-state index contributed by atoms with van der Waals surface area (Å²) >= 11 is 1.36. The number of esters is 1. The summed E-state index contributed by atoms with van der Waals surface area (Å²) in [6, 6.07) is 7.73. The number of hydrogen-bond acceptors (Lipinski definition) is 7. The highest BCUT2D eigenvalue weighted by Gasteiger charge is 2.24. The highest BCUT2D eigenvalue weighted by molar-refractivity contribution is 7.20. The van der Waals surface area contributed by atoms with Crippen LogP contribution in [0.25, 0.3) is 10.2 Å². The Morgan fingerprint density at radius 3 is 2.79 bits per heavy atom. The zero-order valence-corrected chi connectivity index (χ0v) is 17.6. The van der Waals surface area contributed by atoms with Gasteiger partial charge >= 0.3 is 5.97 Å². The van der Waals surface area contributed by atoms with E-state index >= 15 is 0 Å². The van der Waals surface area contributed by atoms with Crippen LogP contribution in [0.4, 0.5) is 11.5 Å². The SMILES string of the molecule is CCOc1ccccc1Nc1ncnc2sc(C(=O)OC3CCCCC3)c(C)c12. The number of benzene rings is 1. The molecule has 6 nitrogen and oxygen atoms in total. The van der Waals surface area contributed by atoms with Crippen molar-refractivity contribution in [3.8, 4) is 5.75 Å². The number of hydrogen-bond donors (Lipinski definition) is 1. The minimum atomic E-state index is -0.252. The van der Waals surface area contributed by atoms with Crippen LogP contribution in [0.5, 0.6) is 5.75 Å². The predicted molar refractivity (Wildman–Crippen MR) is 115 cm³/mol. The molecule has 1 fully saturated rings. The minimum absolute atomic E-state index is 0.0302. The van der Waals surface area contributed by atoms with Crippen molar-refractivity contribution in [2.24, 2.45) is 0 Å². The van der Waals surface area contributed by atoms with Crippen LogP contribution in [0, 0.1) is 6.92 Å². The van der Waals surface area contributed by atoms with Crippen LogP contribution < -0.4 is 10.1 Å². The molecule has 0 aliphatic heterocycles. The van der Waals surface area contributed by atoms with Crippen molar-refractivity contribution >= 4 is 39.0 Å². The molecular weight excluding hydrogens is 386 g/mol. The molecule has 1 aliphatic carbocycles. The summed E-state index contributed by atoms with van der Waals surface area (Å²) in [5.41, 5.74) is 1.68. The number of carbonyl (C=O) groups is 1. The van der Waals surface area contributed by atoms with Crippen LogP contribution in [-0.2, 0) is 4.74 Å². The van der Waals surface area contributed by atoms with Gasteiger partial charge in [0.15, 0.2) is 0 Å². The smallest absolute Gasteiger partial charge is 0.348 e. The monoisotopic (exact) mass is 411 g/mol. The van der Waals surface area contributed by atoms with Crippen LogP contribution in [0.3, 0.4) is 0 Å². The number of fused-ring (bicyclic) bond motifs is 1. The van der Waals surface area contributed by atoms with Crippen molar-refractivity contribution in [1.82, 2.24) is 9.97 Å². The number of nitrogens with one attached hydrogen (secondary N) is 1. The first kappa shape index (κ1) is 19.6. The Kier molecular flexibility index (Phi) is 5.94. The van der Waals surface area contributed by atoms with E-state index in [1.165, 1.54) is 24.1 Å². The average molecular weight is 412 g/mol. The van der Waals surface area contributed by atoms with E-state index in [9.17, 15) is 4.79 Å². The lowest BCUT2D eigenvalue weighted by Crippen LogP contribution is -2.20. The molecule has 1 saturated carbocycles. The van der Waals surface area contributed by atoms with Crippen molar-refractivity contribution in [1.29, 1.82) is 0 Å². The largest absolute Gasteiger partial charge is 0.492 e. The molecular formula is C22H25N3O3S. The number of ether oxygens (including phenoxy) is 2. The lowest BCUT2D eigenvalue weighted by Gasteiger charge is -2.21. The fourth-order valence-electron chi connectivity index (χ4n) is 3.73. The van der Waals surface area contributed by atoms with Crippen LogP contribution in [0.15, 0.2) is 30.6 Å². The maximum Gasteiger partial charge on any atom is 0.348 e. The van der Waals surface area contributed by atoms with E-state index in [4.69, 9.17) is 9.47 Å². The molecule has 0 unspecified atom stereocenters. The van der Waals surface area contributed by atoms with Gasteiger partial charge in [-0.2, -0.15) is 0 Å². The summed E-state index contributed by atoms with van der Waals surface area (Å²) in [7, 11) is 0. The second-order valence-corrected chi connectivity index (χ2v) is 8.18. The van der Waals surface area contributed by atoms with E-state index < -0.39 is 0 Å². The molecule has 0 amide bonds. The summed E-state index contributed by atoms with van der Waals surface area (Å²) in [6.45, 7) is 4.46. The molecule has 2 heterocycles. The summed E-state index contributed by atoms with van der Waals surface area (Å²) in [6.07, 6.45) is 6.93. The molecule has 0 saturated heterocycles. The lowest BCUT2D eigenvalue weighted by atomic mass is 9.98. The van der Waals surface area contributed by atoms with Gasteiger partial charge in [0.25, 0.3) is 0 Å². The fraction of sp³-hybridized carbons (Fsp3) is 0.409. The van der Waals surface area contributed by atoms with Gasteiger partial charge in [0.2, 0.25) is 0 Å². The molecule has 1 aromatic carbocycles. The molecule has 1 aliphatic rings. The Morgan fingerprint density at radius 1 is 1.21 bits per heavy atom. The highest BCUT2D eigenvalue weighted by Crippen LogP contribution is 2.37. The number of aryl methyl sites for hydroxylation is 1. The topological polar surface area (TPSA) is 73.3 Å². The van der Waals surface area contributed by atoms with E-state index in [1.807, 2.05) is 38.1 Å². The van der Waals surface area contributed by atoms with Crippen LogP contribution in [0.1, 0.15) is 54.3 Å². The van der Waals surface area contributed by atoms with Gasteiger partial charge in [-0.1, -0.05) is 18.6 Å². The van der Waals surface area contributed by atoms with E-state index in [0.29, 0.717) is 17.3 Å². The third-order valence-corrected chi connectivity index (χ3v) is 6.36. The Labute approximate surface area is 174 Å². The van der Waals surface area contributed by atoms with Gasteiger partial charge in [0.1, 0.15) is 33.7 Å².